The van der Waals surface area contributed by atoms with E-state index in [9.17, 15) is 9.00 Å². The van der Waals surface area contributed by atoms with Crippen molar-refractivity contribution in [3.8, 4) is 0 Å². The summed E-state index contributed by atoms with van der Waals surface area (Å²) in [6.45, 7) is 0.410. The Morgan fingerprint density at radius 3 is 2.90 bits per heavy atom. The summed E-state index contributed by atoms with van der Waals surface area (Å²) in [5, 5.41) is 3.52. The van der Waals surface area contributed by atoms with Gasteiger partial charge in [0.2, 0.25) is 0 Å². The van der Waals surface area contributed by atoms with Crippen LogP contribution in [-0.4, -0.2) is 10.1 Å². The largest absolute Gasteiger partial charge is 0.347 e. The Morgan fingerprint density at radius 1 is 1.35 bits per heavy atom. The van der Waals surface area contributed by atoms with E-state index in [0.29, 0.717) is 28.0 Å². The molecular formula is C14H12ClNO2S2. The van der Waals surface area contributed by atoms with Crippen LogP contribution in [0.1, 0.15) is 25.7 Å². The van der Waals surface area contributed by atoms with Gasteiger partial charge in [0.25, 0.3) is 5.91 Å². The van der Waals surface area contributed by atoms with Crippen molar-refractivity contribution in [2.45, 2.75) is 18.1 Å². The number of fused-ring (bicyclic) bond motifs is 1. The lowest BCUT2D eigenvalue weighted by Crippen LogP contribution is -2.22. The molecule has 0 radical (unpaired) electrons. The van der Waals surface area contributed by atoms with Gasteiger partial charge in [-0.25, -0.2) is 0 Å². The number of hydrogen-bond acceptors (Lipinski definition) is 3. The van der Waals surface area contributed by atoms with Crippen molar-refractivity contribution >= 4 is 39.6 Å². The van der Waals surface area contributed by atoms with Crippen LogP contribution in [0.25, 0.3) is 0 Å². The number of carbonyl (C=O) groups excluding carboxylic acids is 1. The molecule has 0 spiro atoms. The molecule has 0 unspecified atom stereocenters. The van der Waals surface area contributed by atoms with Crippen molar-refractivity contribution in [2.24, 2.45) is 0 Å². The van der Waals surface area contributed by atoms with Crippen LogP contribution in [0.4, 0.5) is 0 Å². The Kier molecular flexibility index (Phi) is 3.92. The Labute approximate surface area is 128 Å². The zero-order chi connectivity index (χ0) is 14.1. The van der Waals surface area contributed by atoms with Gasteiger partial charge in [-0.15, -0.1) is 11.3 Å². The maximum Gasteiger partial charge on any atom is 0.261 e. The molecule has 0 aliphatic carbocycles. The van der Waals surface area contributed by atoms with Gasteiger partial charge < -0.3 is 5.32 Å². The van der Waals surface area contributed by atoms with Gasteiger partial charge in [-0.2, -0.15) is 0 Å². The van der Waals surface area contributed by atoms with Gasteiger partial charge in [0.1, 0.15) is 0 Å². The quantitative estimate of drug-likeness (QED) is 0.942. The summed E-state index contributed by atoms with van der Waals surface area (Å²) in [5.41, 5.74) is 1.95. The molecule has 0 bridgehead atoms. The zero-order valence-electron chi connectivity index (χ0n) is 10.5. The third-order valence-electron chi connectivity index (χ3n) is 3.13. The number of benzene rings is 1. The summed E-state index contributed by atoms with van der Waals surface area (Å²) in [7, 11) is -0.785. The molecular weight excluding hydrogens is 314 g/mol. The fraction of sp³-hybridized carbons (Fsp3) is 0.214. The van der Waals surface area contributed by atoms with Gasteiger partial charge in [0, 0.05) is 27.2 Å². The van der Waals surface area contributed by atoms with Crippen molar-refractivity contribution in [3.63, 3.8) is 0 Å². The summed E-state index contributed by atoms with van der Waals surface area (Å²) >= 11 is 7.48. The molecule has 2 aromatic rings. The second kappa shape index (κ2) is 5.68. The van der Waals surface area contributed by atoms with Crippen LogP contribution >= 0.6 is 22.9 Å². The van der Waals surface area contributed by atoms with Crippen LogP contribution in [-0.2, 0) is 28.9 Å². The number of carbonyl (C=O) groups is 1. The molecule has 1 aliphatic heterocycles. The van der Waals surface area contributed by atoms with Gasteiger partial charge in [-0.05, 0) is 23.3 Å². The van der Waals surface area contributed by atoms with Crippen LogP contribution in [0.5, 0.6) is 0 Å². The molecule has 1 N–H and O–H groups in total. The first kappa shape index (κ1) is 13.8. The van der Waals surface area contributed by atoms with E-state index < -0.39 is 10.8 Å². The monoisotopic (exact) mass is 325 g/mol. The minimum absolute atomic E-state index is 0.102. The third kappa shape index (κ3) is 2.80. The molecule has 20 heavy (non-hydrogen) atoms. The second-order valence-corrected chi connectivity index (χ2v) is 7.56. The Balaban J connectivity index is 1.67. The molecule has 1 atom stereocenters. The fourth-order valence-electron chi connectivity index (χ4n) is 2.10. The number of amides is 1. The normalized spacial score (nSPS) is 16.9. The van der Waals surface area contributed by atoms with Gasteiger partial charge in [-0.1, -0.05) is 29.8 Å². The molecule has 6 heteroatoms. The average Bonchev–Trinajstić information content (AvgIpc) is 2.94. The summed E-state index contributed by atoms with van der Waals surface area (Å²) in [4.78, 5) is 13.9. The lowest BCUT2D eigenvalue weighted by molar-refractivity contribution is 0.0955. The molecule has 2 heterocycles. The van der Waals surface area contributed by atoms with E-state index in [2.05, 4.69) is 5.32 Å². The summed E-state index contributed by atoms with van der Waals surface area (Å²) in [6.07, 6.45) is 0. The van der Waals surface area contributed by atoms with Crippen molar-refractivity contribution in [2.75, 3.05) is 0 Å². The topological polar surface area (TPSA) is 46.2 Å². The highest BCUT2D eigenvalue weighted by molar-refractivity contribution is 7.84. The number of nitrogens with one attached hydrogen (secondary N) is 1. The van der Waals surface area contributed by atoms with Crippen LogP contribution in [0.3, 0.4) is 0 Å². The highest BCUT2D eigenvalue weighted by atomic mass is 35.5. The Hall–Kier alpha value is -1.17. The highest BCUT2D eigenvalue weighted by Crippen LogP contribution is 2.30. The molecule has 1 aliphatic rings. The molecule has 3 rings (SSSR count). The van der Waals surface area contributed by atoms with Crippen LogP contribution in [0, 0.1) is 0 Å². The van der Waals surface area contributed by atoms with Crippen molar-refractivity contribution in [3.05, 3.63) is 56.2 Å². The van der Waals surface area contributed by atoms with Crippen LogP contribution in [0.15, 0.2) is 30.3 Å². The lowest BCUT2D eigenvalue weighted by atomic mass is 10.2. The van der Waals surface area contributed by atoms with E-state index >= 15 is 0 Å². The van der Waals surface area contributed by atoms with Crippen LogP contribution in [0.2, 0.25) is 5.02 Å². The minimum Gasteiger partial charge on any atom is -0.347 e. The van der Waals surface area contributed by atoms with Crippen LogP contribution < -0.4 is 5.32 Å². The number of hydrogen-bond donors (Lipinski definition) is 1. The number of rotatable bonds is 3. The summed E-state index contributed by atoms with van der Waals surface area (Å²) in [6, 6.07) is 9.30. The first-order chi connectivity index (χ1) is 9.63. The Morgan fingerprint density at radius 2 is 2.15 bits per heavy atom. The van der Waals surface area contributed by atoms with Gasteiger partial charge in [0.15, 0.2) is 0 Å². The summed E-state index contributed by atoms with van der Waals surface area (Å²) < 4.78 is 11.4. The van der Waals surface area contributed by atoms with E-state index in [4.69, 9.17) is 11.6 Å². The zero-order valence-corrected chi connectivity index (χ0v) is 12.9. The van der Waals surface area contributed by atoms with Gasteiger partial charge >= 0.3 is 0 Å². The second-order valence-electron chi connectivity index (χ2n) is 4.56. The maximum absolute atomic E-state index is 12.1. The number of halogens is 1. The standard InChI is InChI=1S/C14H12ClNO2S2/c15-11-4-2-1-3-9(11)6-16-14(17)12-5-10-7-20(18)8-13(10)19-12/h1-5H,6-8H2,(H,16,17)/t20-/m1/s1. The van der Waals surface area contributed by atoms with Crippen molar-refractivity contribution < 1.29 is 9.00 Å². The first-order valence-corrected chi connectivity index (χ1v) is 8.80. The van der Waals surface area contributed by atoms with Gasteiger partial charge in [0.05, 0.1) is 16.4 Å². The molecule has 1 aromatic carbocycles. The smallest absolute Gasteiger partial charge is 0.261 e. The third-order valence-corrected chi connectivity index (χ3v) is 6.10. The average molecular weight is 326 g/mol. The Bertz CT molecular complexity index is 671. The molecule has 0 saturated carbocycles. The number of thiophene rings is 1. The lowest BCUT2D eigenvalue weighted by Gasteiger charge is -2.05. The van der Waals surface area contributed by atoms with E-state index in [0.717, 1.165) is 16.0 Å². The molecule has 1 amide bonds. The molecule has 104 valence electrons. The van der Waals surface area contributed by atoms with Crippen molar-refractivity contribution in [1.82, 2.24) is 5.32 Å². The highest BCUT2D eigenvalue weighted by Gasteiger charge is 2.22. The van der Waals surface area contributed by atoms with E-state index in [1.807, 2.05) is 24.3 Å². The molecule has 3 nitrogen and oxygen atoms in total. The fourth-order valence-corrected chi connectivity index (χ4v) is 5.10. The molecule has 0 saturated heterocycles. The minimum atomic E-state index is -0.785. The van der Waals surface area contributed by atoms with E-state index in [-0.39, 0.29) is 5.91 Å². The van der Waals surface area contributed by atoms with Gasteiger partial charge in [-0.3, -0.25) is 9.00 Å². The predicted molar refractivity (Wildman–Crippen MR) is 82.5 cm³/mol. The molecule has 1 aromatic heterocycles. The summed E-state index contributed by atoms with van der Waals surface area (Å²) in [5.74, 6) is 1.05. The SMILES string of the molecule is O=C(NCc1ccccc1Cl)c1cc2c(s1)C[S@](=O)C2. The van der Waals surface area contributed by atoms with E-state index in [1.54, 1.807) is 6.07 Å². The maximum atomic E-state index is 12.1. The predicted octanol–water partition coefficient (Wildman–Crippen LogP) is 3.09. The van der Waals surface area contributed by atoms with E-state index in [1.165, 1.54) is 11.3 Å². The molecule has 0 fully saturated rings. The van der Waals surface area contributed by atoms with Crippen molar-refractivity contribution in [1.29, 1.82) is 0 Å². The first-order valence-electron chi connectivity index (χ1n) is 6.11.